The van der Waals surface area contributed by atoms with E-state index in [1.807, 2.05) is 6.07 Å². The molecule has 9 heteroatoms. The van der Waals surface area contributed by atoms with Gasteiger partial charge < -0.3 is 9.84 Å². The smallest absolute Gasteiger partial charge is 0.362 e. The van der Waals surface area contributed by atoms with Gasteiger partial charge in [-0.2, -0.15) is 5.11 Å². The molecule has 0 aliphatic heterocycles. The van der Waals surface area contributed by atoms with Gasteiger partial charge in [-0.1, -0.05) is 15.9 Å². The summed E-state index contributed by atoms with van der Waals surface area (Å²) in [5, 5.41) is 17.9. The van der Waals surface area contributed by atoms with Crippen LogP contribution in [0.2, 0.25) is 0 Å². The molecule has 0 aliphatic rings. The van der Waals surface area contributed by atoms with E-state index < -0.39 is 5.97 Å². The highest BCUT2D eigenvalue weighted by atomic mass is 79.9. The average molecular weight is 471 g/mol. The van der Waals surface area contributed by atoms with Crippen LogP contribution in [0.5, 0.6) is 0 Å². The van der Waals surface area contributed by atoms with E-state index in [-0.39, 0.29) is 23.6 Å². The summed E-state index contributed by atoms with van der Waals surface area (Å²) in [6, 6.07) is 12.1. The van der Waals surface area contributed by atoms with Crippen molar-refractivity contribution < 1.29 is 14.6 Å². The van der Waals surface area contributed by atoms with Crippen molar-refractivity contribution in [2.45, 2.75) is 20.8 Å². The maximum absolute atomic E-state index is 13.0. The van der Waals surface area contributed by atoms with Gasteiger partial charge in [-0.3, -0.25) is 9.36 Å². The normalized spacial score (nSPS) is 12.3. The molecule has 0 radical (unpaired) electrons. The first kappa shape index (κ1) is 21.4. The van der Waals surface area contributed by atoms with Crippen molar-refractivity contribution >= 4 is 38.5 Å². The Morgan fingerprint density at radius 3 is 2.57 bits per heavy atom. The van der Waals surface area contributed by atoms with Crippen LogP contribution in [0, 0.1) is 6.92 Å². The number of rotatable bonds is 5. The molecule has 30 heavy (non-hydrogen) atoms. The number of benzene rings is 2. The van der Waals surface area contributed by atoms with Gasteiger partial charge >= 0.3 is 5.97 Å². The molecule has 0 aliphatic carbocycles. The van der Waals surface area contributed by atoms with Gasteiger partial charge in [-0.15, -0.1) is 5.11 Å². The Balaban J connectivity index is 1.96. The van der Waals surface area contributed by atoms with Crippen LogP contribution < -0.4 is 5.56 Å². The molecule has 2 aromatic carbocycles. The Hall–Kier alpha value is -3.33. The number of aryl methyl sites for hydroxylation is 1. The number of fused-ring (bicyclic) bond motifs is 1. The van der Waals surface area contributed by atoms with Crippen LogP contribution in [0.1, 0.15) is 19.7 Å². The molecule has 1 heterocycles. The van der Waals surface area contributed by atoms with Crippen LogP contribution in [0.15, 0.2) is 73.4 Å². The van der Waals surface area contributed by atoms with Gasteiger partial charge in [0, 0.05) is 4.47 Å². The summed E-state index contributed by atoms with van der Waals surface area (Å²) in [5.74, 6) is -0.495. The number of allylic oxidation sites excluding steroid dienone is 1. The lowest BCUT2D eigenvalue weighted by atomic mass is 10.2. The summed E-state index contributed by atoms with van der Waals surface area (Å²) in [4.78, 5) is 29.3. The number of carbonyl (C=O) groups excluding carboxylic acids is 1. The minimum absolute atomic E-state index is 0.157. The standard InChI is InChI=1S/C21H19BrN4O4/c1-4-30-21(29)19(12(2)27)25-24-15-6-8-16(9-7-15)26-13(3)23-18-10-5-14(22)11-17(18)20(26)28/h5-11,27H,4H2,1-3H3/b19-12+,25-24?. The summed E-state index contributed by atoms with van der Waals surface area (Å²) in [5.41, 5.74) is 1.23. The van der Waals surface area contributed by atoms with Gasteiger partial charge in [0.2, 0.25) is 5.70 Å². The zero-order chi connectivity index (χ0) is 21.8. The first-order valence-electron chi connectivity index (χ1n) is 9.10. The van der Waals surface area contributed by atoms with E-state index in [1.165, 1.54) is 11.5 Å². The molecular weight excluding hydrogens is 452 g/mol. The molecule has 0 saturated carbocycles. The summed E-state index contributed by atoms with van der Waals surface area (Å²) in [6.07, 6.45) is 0. The highest BCUT2D eigenvalue weighted by molar-refractivity contribution is 9.10. The van der Waals surface area contributed by atoms with Gasteiger partial charge in [-0.25, -0.2) is 9.78 Å². The van der Waals surface area contributed by atoms with Gasteiger partial charge in [0.25, 0.3) is 5.56 Å². The number of aromatic nitrogens is 2. The molecule has 0 saturated heterocycles. The second-order valence-corrected chi connectivity index (χ2v) is 7.25. The Morgan fingerprint density at radius 1 is 1.23 bits per heavy atom. The second-order valence-electron chi connectivity index (χ2n) is 6.33. The van der Waals surface area contributed by atoms with Crippen LogP contribution in [0.3, 0.4) is 0 Å². The monoisotopic (exact) mass is 470 g/mol. The molecule has 0 bridgehead atoms. The van der Waals surface area contributed by atoms with E-state index in [0.717, 1.165) is 4.47 Å². The fourth-order valence-electron chi connectivity index (χ4n) is 2.81. The first-order chi connectivity index (χ1) is 14.3. The molecule has 154 valence electrons. The minimum atomic E-state index is -0.756. The number of hydrogen-bond acceptors (Lipinski definition) is 7. The van der Waals surface area contributed by atoms with Crippen LogP contribution in [-0.4, -0.2) is 27.2 Å². The van der Waals surface area contributed by atoms with Gasteiger partial charge in [-0.05, 0) is 63.2 Å². The van der Waals surface area contributed by atoms with Crippen LogP contribution in [0.25, 0.3) is 16.6 Å². The lowest BCUT2D eigenvalue weighted by molar-refractivity contribution is -0.138. The number of aliphatic hydroxyl groups is 1. The summed E-state index contributed by atoms with van der Waals surface area (Å²) < 4.78 is 7.15. The molecule has 0 unspecified atom stereocenters. The van der Waals surface area contributed by atoms with Gasteiger partial charge in [0.05, 0.1) is 28.9 Å². The number of aliphatic hydroxyl groups excluding tert-OH is 1. The number of carbonyl (C=O) groups is 1. The molecule has 1 aromatic heterocycles. The zero-order valence-corrected chi connectivity index (χ0v) is 18.2. The SMILES string of the molecule is CCOC(=O)/C(N=Nc1ccc(-n2c(C)nc3ccc(Br)cc3c2=O)cc1)=C(/C)O. The third kappa shape index (κ3) is 4.46. The molecular formula is C21H19BrN4O4. The predicted octanol–water partition coefficient (Wildman–Crippen LogP) is 4.89. The maximum atomic E-state index is 13.0. The van der Waals surface area contributed by atoms with Crippen molar-refractivity contribution in [1.29, 1.82) is 0 Å². The topological polar surface area (TPSA) is 106 Å². The molecule has 8 nitrogen and oxygen atoms in total. The van der Waals surface area contributed by atoms with E-state index in [1.54, 1.807) is 50.2 Å². The lowest BCUT2D eigenvalue weighted by Crippen LogP contribution is -2.22. The Labute approximate surface area is 180 Å². The molecule has 0 amide bonds. The number of azo groups is 1. The molecule has 3 rings (SSSR count). The Bertz CT molecular complexity index is 1230. The lowest BCUT2D eigenvalue weighted by Gasteiger charge is -2.11. The Morgan fingerprint density at radius 2 is 1.93 bits per heavy atom. The van der Waals surface area contributed by atoms with Crippen LogP contribution in [0.4, 0.5) is 5.69 Å². The van der Waals surface area contributed by atoms with Crippen molar-refractivity contribution in [3.8, 4) is 5.69 Å². The number of hydrogen-bond donors (Lipinski definition) is 1. The molecule has 3 aromatic rings. The molecule has 0 fully saturated rings. The summed E-state index contributed by atoms with van der Waals surface area (Å²) in [6.45, 7) is 4.90. The highest BCUT2D eigenvalue weighted by Gasteiger charge is 2.14. The van der Waals surface area contributed by atoms with Crippen molar-refractivity contribution in [3.63, 3.8) is 0 Å². The predicted molar refractivity (Wildman–Crippen MR) is 116 cm³/mol. The maximum Gasteiger partial charge on any atom is 0.362 e. The number of esters is 1. The van der Waals surface area contributed by atoms with E-state index in [9.17, 15) is 14.7 Å². The first-order valence-corrected chi connectivity index (χ1v) is 9.89. The van der Waals surface area contributed by atoms with Gasteiger partial charge in [0.15, 0.2) is 0 Å². The highest BCUT2D eigenvalue weighted by Crippen LogP contribution is 2.20. The van der Waals surface area contributed by atoms with E-state index in [2.05, 4.69) is 31.1 Å². The third-order valence-corrected chi connectivity index (χ3v) is 4.68. The second kappa shape index (κ2) is 9.00. The fraction of sp³-hybridized carbons (Fsp3) is 0.190. The van der Waals surface area contributed by atoms with Crippen LogP contribution >= 0.6 is 15.9 Å². The van der Waals surface area contributed by atoms with E-state index in [4.69, 9.17) is 4.74 Å². The largest absolute Gasteiger partial charge is 0.510 e. The molecule has 0 atom stereocenters. The fourth-order valence-corrected chi connectivity index (χ4v) is 3.17. The minimum Gasteiger partial charge on any atom is -0.510 e. The van der Waals surface area contributed by atoms with E-state index >= 15 is 0 Å². The van der Waals surface area contributed by atoms with Gasteiger partial charge in [0.1, 0.15) is 11.6 Å². The van der Waals surface area contributed by atoms with Crippen LogP contribution in [-0.2, 0) is 9.53 Å². The van der Waals surface area contributed by atoms with Crippen molar-refractivity contribution in [2.24, 2.45) is 10.2 Å². The summed E-state index contributed by atoms with van der Waals surface area (Å²) >= 11 is 3.38. The number of nitrogens with zero attached hydrogens (tertiary/aromatic N) is 4. The van der Waals surface area contributed by atoms with E-state index in [0.29, 0.717) is 28.1 Å². The van der Waals surface area contributed by atoms with Crippen molar-refractivity contribution in [1.82, 2.24) is 9.55 Å². The summed E-state index contributed by atoms with van der Waals surface area (Å²) in [7, 11) is 0. The average Bonchev–Trinajstić information content (AvgIpc) is 2.70. The van der Waals surface area contributed by atoms with Crippen molar-refractivity contribution in [3.05, 3.63) is 74.6 Å². The third-order valence-electron chi connectivity index (χ3n) is 4.18. The molecule has 1 N–H and O–H groups in total. The zero-order valence-electron chi connectivity index (χ0n) is 16.6. The number of ether oxygens (including phenoxy) is 1. The quantitative estimate of drug-likeness (QED) is 0.247. The number of halogens is 1. The van der Waals surface area contributed by atoms with Crippen molar-refractivity contribution in [2.75, 3.05) is 6.61 Å². The molecule has 0 spiro atoms. The Kier molecular flexibility index (Phi) is 6.41.